The predicted octanol–water partition coefficient (Wildman–Crippen LogP) is 4.35. The van der Waals surface area contributed by atoms with E-state index in [0.29, 0.717) is 23.1 Å². The van der Waals surface area contributed by atoms with Crippen LogP contribution in [0.2, 0.25) is 5.02 Å². The van der Waals surface area contributed by atoms with Gasteiger partial charge in [-0.1, -0.05) is 23.7 Å². The van der Waals surface area contributed by atoms with Gasteiger partial charge in [0.2, 0.25) is 0 Å². The Morgan fingerprint density at radius 2 is 1.84 bits per heavy atom. The van der Waals surface area contributed by atoms with Crippen molar-refractivity contribution in [1.29, 1.82) is 0 Å². The lowest BCUT2D eigenvalue weighted by Crippen LogP contribution is -2.35. The van der Waals surface area contributed by atoms with Crippen molar-refractivity contribution in [2.75, 3.05) is 12.3 Å². The number of hydrogen-bond acceptors (Lipinski definition) is 6. The quantitative estimate of drug-likeness (QED) is 0.452. The van der Waals surface area contributed by atoms with Gasteiger partial charge in [0.05, 0.1) is 11.3 Å². The molecule has 3 heterocycles. The van der Waals surface area contributed by atoms with Crippen LogP contribution in [0.3, 0.4) is 0 Å². The number of halogens is 1. The summed E-state index contributed by atoms with van der Waals surface area (Å²) in [5, 5.41) is 1.68. The van der Waals surface area contributed by atoms with Crippen molar-refractivity contribution in [3.63, 3.8) is 0 Å². The lowest BCUT2D eigenvalue weighted by atomic mass is 10.1. The summed E-state index contributed by atoms with van der Waals surface area (Å²) in [7, 11) is 0. The first-order valence-corrected chi connectivity index (χ1v) is 11.2. The molecule has 1 aliphatic heterocycles. The van der Waals surface area contributed by atoms with E-state index in [0.717, 1.165) is 51.8 Å². The molecule has 0 atom stereocenters. The summed E-state index contributed by atoms with van der Waals surface area (Å²) in [6, 6.07) is 15.1. The standard InChI is InChI=1S/C23H20ClN5OS/c24-16-5-1-15(2-6-16)23-26-11-18(31-23)12-29-10-9-20-19(13-29)22(30)28-21(27-20)14-3-7-17(25)8-4-14/h1-8,11H,9-10,12-13,25H2,(H,27,28,30). The van der Waals surface area contributed by atoms with Crippen LogP contribution in [0.1, 0.15) is 16.1 Å². The van der Waals surface area contributed by atoms with Crippen LogP contribution in [0.5, 0.6) is 0 Å². The fourth-order valence-electron chi connectivity index (χ4n) is 3.72. The van der Waals surface area contributed by atoms with Crippen LogP contribution >= 0.6 is 22.9 Å². The maximum atomic E-state index is 12.8. The van der Waals surface area contributed by atoms with E-state index in [9.17, 15) is 4.79 Å². The molecule has 0 saturated heterocycles. The molecule has 1 aliphatic rings. The highest BCUT2D eigenvalue weighted by atomic mass is 35.5. The summed E-state index contributed by atoms with van der Waals surface area (Å²) in [5.74, 6) is 0.590. The molecular formula is C23H20ClN5OS. The van der Waals surface area contributed by atoms with Crippen molar-refractivity contribution in [2.45, 2.75) is 19.5 Å². The molecule has 4 aromatic rings. The maximum absolute atomic E-state index is 12.8. The van der Waals surface area contributed by atoms with E-state index >= 15 is 0 Å². The number of aromatic nitrogens is 3. The number of H-pyrrole nitrogens is 1. The number of benzene rings is 2. The van der Waals surface area contributed by atoms with Gasteiger partial charge in [-0.15, -0.1) is 11.3 Å². The first-order valence-electron chi connectivity index (χ1n) is 9.96. The van der Waals surface area contributed by atoms with E-state index < -0.39 is 0 Å². The Hall–Kier alpha value is -3.00. The summed E-state index contributed by atoms with van der Waals surface area (Å²) in [6.45, 7) is 2.18. The van der Waals surface area contributed by atoms with Crippen LogP contribution in [0.25, 0.3) is 22.0 Å². The molecule has 2 aromatic carbocycles. The third kappa shape index (κ3) is 4.25. The van der Waals surface area contributed by atoms with Gasteiger partial charge >= 0.3 is 0 Å². The normalized spacial score (nSPS) is 13.8. The number of fused-ring (bicyclic) bond motifs is 1. The average Bonchev–Trinajstić information content (AvgIpc) is 3.23. The molecule has 3 N–H and O–H groups in total. The first kappa shape index (κ1) is 19.9. The fourth-order valence-corrected chi connectivity index (χ4v) is 4.81. The minimum Gasteiger partial charge on any atom is -0.399 e. The Kier molecular flexibility index (Phi) is 5.31. The minimum atomic E-state index is -0.0762. The van der Waals surface area contributed by atoms with E-state index in [1.165, 1.54) is 0 Å². The summed E-state index contributed by atoms with van der Waals surface area (Å²) < 4.78 is 0. The molecule has 0 bridgehead atoms. The second-order valence-corrected chi connectivity index (χ2v) is 9.11. The molecular weight excluding hydrogens is 430 g/mol. The molecule has 8 heteroatoms. The van der Waals surface area contributed by atoms with Gasteiger partial charge in [0.1, 0.15) is 10.8 Å². The first-order chi connectivity index (χ1) is 15.0. The van der Waals surface area contributed by atoms with Gasteiger partial charge < -0.3 is 10.7 Å². The summed E-state index contributed by atoms with van der Waals surface area (Å²) >= 11 is 7.64. The number of aromatic amines is 1. The van der Waals surface area contributed by atoms with Crippen molar-refractivity contribution >= 4 is 28.6 Å². The topological polar surface area (TPSA) is 87.9 Å². The molecule has 2 aromatic heterocycles. The summed E-state index contributed by atoms with van der Waals surface area (Å²) in [6.07, 6.45) is 2.65. The number of hydrogen-bond donors (Lipinski definition) is 2. The molecule has 5 rings (SSSR count). The summed E-state index contributed by atoms with van der Waals surface area (Å²) in [4.78, 5) is 28.4. The molecule has 0 fully saturated rings. The molecule has 0 saturated carbocycles. The SMILES string of the molecule is Nc1ccc(-c2nc3c(c(=O)[nH]2)CN(Cc2cnc(-c4ccc(Cl)cc4)s2)CC3)cc1. The molecule has 0 radical (unpaired) electrons. The molecule has 0 unspecified atom stereocenters. The average molecular weight is 450 g/mol. The third-order valence-electron chi connectivity index (χ3n) is 5.36. The molecule has 0 aliphatic carbocycles. The van der Waals surface area contributed by atoms with Crippen LogP contribution in [0, 0.1) is 0 Å². The second kappa shape index (κ2) is 8.26. The van der Waals surface area contributed by atoms with Crippen molar-refractivity contribution in [3.05, 3.63) is 86.2 Å². The minimum absolute atomic E-state index is 0.0762. The number of thiazole rings is 1. The van der Waals surface area contributed by atoms with E-state index in [-0.39, 0.29) is 5.56 Å². The smallest absolute Gasteiger partial charge is 0.255 e. The Bertz CT molecular complexity index is 1280. The lowest BCUT2D eigenvalue weighted by Gasteiger charge is -2.27. The number of nitrogens with two attached hydrogens (primary N) is 1. The van der Waals surface area contributed by atoms with Crippen LogP contribution < -0.4 is 11.3 Å². The van der Waals surface area contributed by atoms with Gasteiger partial charge in [0, 0.05) is 59.0 Å². The van der Waals surface area contributed by atoms with E-state index in [1.807, 2.05) is 54.7 Å². The number of rotatable bonds is 4. The van der Waals surface area contributed by atoms with Crippen molar-refractivity contribution in [1.82, 2.24) is 19.9 Å². The largest absolute Gasteiger partial charge is 0.399 e. The predicted molar refractivity (Wildman–Crippen MR) is 125 cm³/mol. The zero-order valence-electron chi connectivity index (χ0n) is 16.6. The molecule has 156 valence electrons. The number of anilines is 1. The zero-order valence-corrected chi connectivity index (χ0v) is 18.2. The Morgan fingerprint density at radius 1 is 1.10 bits per heavy atom. The van der Waals surface area contributed by atoms with E-state index in [2.05, 4.69) is 14.9 Å². The molecule has 0 spiro atoms. The third-order valence-corrected chi connectivity index (χ3v) is 6.64. The van der Waals surface area contributed by atoms with Crippen molar-refractivity contribution in [3.8, 4) is 22.0 Å². The highest BCUT2D eigenvalue weighted by molar-refractivity contribution is 7.15. The van der Waals surface area contributed by atoms with Crippen molar-refractivity contribution < 1.29 is 0 Å². The highest BCUT2D eigenvalue weighted by Crippen LogP contribution is 2.28. The van der Waals surface area contributed by atoms with Gasteiger partial charge in [0.25, 0.3) is 5.56 Å². The molecule has 31 heavy (non-hydrogen) atoms. The monoisotopic (exact) mass is 449 g/mol. The van der Waals surface area contributed by atoms with Gasteiger partial charge in [-0.3, -0.25) is 9.69 Å². The second-order valence-electron chi connectivity index (χ2n) is 7.56. The van der Waals surface area contributed by atoms with Crippen LogP contribution in [0.15, 0.2) is 59.5 Å². The lowest BCUT2D eigenvalue weighted by molar-refractivity contribution is 0.244. The maximum Gasteiger partial charge on any atom is 0.255 e. The van der Waals surface area contributed by atoms with E-state index in [4.69, 9.17) is 22.3 Å². The van der Waals surface area contributed by atoms with Crippen LogP contribution in [-0.2, 0) is 19.5 Å². The van der Waals surface area contributed by atoms with Crippen LogP contribution in [-0.4, -0.2) is 26.4 Å². The van der Waals surface area contributed by atoms with Gasteiger partial charge in [-0.25, -0.2) is 9.97 Å². The fraction of sp³-hybridized carbons (Fsp3) is 0.174. The van der Waals surface area contributed by atoms with Gasteiger partial charge in [-0.2, -0.15) is 0 Å². The number of nitrogens with zero attached hydrogens (tertiary/aromatic N) is 3. The number of nitrogen functional groups attached to an aromatic ring is 1. The van der Waals surface area contributed by atoms with Gasteiger partial charge in [0.15, 0.2) is 0 Å². The molecule has 6 nitrogen and oxygen atoms in total. The van der Waals surface area contributed by atoms with Gasteiger partial charge in [-0.05, 0) is 36.4 Å². The summed E-state index contributed by atoms with van der Waals surface area (Å²) in [5.41, 5.74) is 9.89. The van der Waals surface area contributed by atoms with E-state index in [1.54, 1.807) is 11.3 Å². The van der Waals surface area contributed by atoms with Crippen molar-refractivity contribution in [2.24, 2.45) is 0 Å². The Labute approximate surface area is 188 Å². The number of nitrogens with one attached hydrogen (secondary N) is 1. The Morgan fingerprint density at radius 3 is 2.61 bits per heavy atom. The van der Waals surface area contributed by atoms with Crippen LogP contribution in [0.4, 0.5) is 5.69 Å². The highest BCUT2D eigenvalue weighted by Gasteiger charge is 2.22. The molecule has 0 amide bonds. The zero-order chi connectivity index (χ0) is 21.4. The Balaban J connectivity index is 1.32.